The maximum Gasteiger partial charge on any atom is 0.212 e. The summed E-state index contributed by atoms with van der Waals surface area (Å²) in [4.78, 5) is 4.88. The van der Waals surface area contributed by atoms with Crippen LogP contribution in [0.25, 0.3) is 0 Å². The molecule has 0 saturated heterocycles. The van der Waals surface area contributed by atoms with Crippen LogP contribution in [0.4, 0.5) is 5.69 Å². The zero-order chi connectivity index (χ0) is 17.1. The average Bonchev–Trinajstić information content (AvgIpc) is 2.87. The van der Waals surface area contributed by atoms with Gasteiger partial charge in [0.2, 0.25) is 5.88 Å². The molecule has 0 fully saturated rings. The molecular formula is C18H16N2O2S2. The second-order valence-electron chi connectivity index (χ2n) is 5.29. The summed E-state index contributed by atoms with van der Waals surface area (Å²) in [5.74, 6) is 0.252. The van der Waals surface area contributed by atoms with Gasteiger partial charge in [-0.05, 0) is 36.8 Å². The Morgan fingerprint density at radius 1 is 1.12 bits per heavy atom. The number of aromatic hydroxyl groups is 2. The van der Waals surface area contributed by atoms with E-state index in [-0.39, 0.29) is 17.7 Å². The maximum absolute atomic E-state index is 10.5. The maximum atomic E-state index is 10.5. The summed E-state index contributed by atoms with van der Waals surface area (Å²) in [5.41, 5.74) is 1.68. The molecule has 0 aliphatic heterocycles. The van der Waals surface area contributed by atoms with Crippen LogP contribution >= 0.6 is 23.6 Å². The van der Waals surface area contributed by atoms with Crippen LogP contribution in [0.5, 0.6) is 11.6 Å². The molecule has 0 aliphatic rings. The van der Waals surface area contributed by atoms with E-state index >= 15 is 0 Å². The summed E-state index contributed by atoms with van der Waals surface area (Å²) in [6, 6.07) is 16.4. The molecular weight excluding hydrogens is 340 g/mol. The van der Waals surface area contributed by atoms with Crippen LogP contribution in [-0.2, 0) is 0 Å². The number of benzene rings is 2. The van der Waals surface area contributed by atoms with Gasteiger partial charge in [0.05, 0.1) is 17.9 Å². The van der Waals surface area contributed by atoms with Crippen molar-refractivity contribution in [1.82, 2.24) is 4.57 Å². The minimum atomic E-state index is -0.0714. The van der Waals surface area contributed by atoms with Gasteiger partial charge in [0, 0.05) is 6.07 Å². The third-order valence-corrected chi connectivity index (χ3v) is 5.00. The van der Waals surface area contributed by atoms with Crippen molar-refractivity contribution < 1.29 is 10.2 Å². The number of hydrogen-bond acceptors (Lipinski definition) is 5. The highest BCUT2D eigenvalue weighted by atomic mass is 32.1. The molecule has 0 radical (unpaired) electrons. The summed E-state index contributed by atoms with van der Waals surface area (Å²) in [7, 11) is 0. The third-order valence-electron chi connectivity index (χ3n) is 3.67. The monoisotopic (exact) mass is 356 g/mol. The Labute approximate surface area is 149 Å². The lowest BCUT2D eigenvalue weighted by atomic mass is 10.1. The van der Waals surface area contributed by atoms with Crippen molar-refractivity contribution in [1.29, 1.82) is 0 Å². The lowest BCUT2D eigenvalue weighted by Gasteiger charge is -2.14. The minimum Gasteiger partial charge on any atom is -0.508 e. The molecule has 0 bridgehead atoms. The van der Waals surface area contributed by atoms with Crippen LogP contribution in [-0.4, -0.2) is 21.0 Å². The highest BCUT2D eigenvalue weighted by molar-refractivity contribution is 7.73. The lowest BCUT2D eigenvalue weighted by Crippen LogP contribution is -2.06. The number of aromatic nitrogens is 1. The van der Waals surface area contributed by atoms with Gasteiger partial charge in [-0.15, -0.1) is 0 Å². The summed E-state index contributed by atoms with van der Waals surface area (Å²) in [6.07, 6.45) is 1.57. The molecule has 2 N–H and O–H groups in total. The Morgan fingerprint density at radius 2 is 1.88 bits per heavy atom. The van der Waals surface area contributed by atoms with E-state index in [1.807, 2.05) is 37.3 Å². The van der Waals surface area contributed by atoms with Gasteiger partial charge in [0.15, 0.2) is 3.95 Å². The van der Waals surface area contributed by atoms with Crippen molar-refractivity contribution in [3.8, 4) is 11.6 Å². The van der Waals surface area contributed by atoms with Crippen LogP contribution in [0.2, 0.25) is 0 Å². The topological polar surface area (TPSA) is 57.8 Å². The average molecular weight is 356 g/mol. The summed E-state index contributed by atoms with van der Waals surface area (Å²) >= 11 is 6.71. The van der Waals surface area contributed by atoms with Gasteiger partial charge in [0.25, 0.3) is 0 Å². The fourth-order valence-electron chi connectivity index (χ4n) is 2.41. The van der Waals surface area contributed by atoms with Gasteiger partial charge in [-0.1, -0.05) is 47.7 Å². The molecule has 4 nitrogen and oxygen atoms in total. The predicted octanol–water partition coefficient (Wildman–Crippen LogP) is 5.05. The molecule has 0 unspecified atom stereocenters. The van der Waals surface area contributed by atoms with Gasteiger partial charge in [-0.3, -0.25) is 9.56 Å². The second kappa shape index (κ2) is 6.98. The first kappa shape index (κ1) is 16.4. The number of aliphatic imine (C=N–C) groups is 1. The van der Waals surface area contributed by atoms with Crippen molar-refractivity contribution in [2.45, 2.75) is 13.0 Å². The molecule has 2 aromatic carbocycles. The van der Waals surface area contributed by atoms with Crippen molar-refractivity contribution >= 4 is 35.5 Å². The number of thiazole rings is 1. The highest BCUT2D eigenvalue weighted by Gasteiger charge is 2.16. The van der Waals surface area contributed by atoms with Gasteiger partial charge in [0.1, 0.15) is 10.6 Å². The van der Waals surface area contributed by atoms with Crippen molar-refractivity contribution in [3.05, 3.63) is 69.0 Å². The van der Waals surface area contributed by atoms with E-state index in [0.717, 1.165) is 5.56 Å². The Morgan fingerprint density at radius 3 is 2.58 bits per heavy atom. The van der Waals surface area contributed by atoms with E-state index in [4.69, 9.17) is 12.2 Å². The van der Waals surface area contributed by atoms with Gasteiger partial charge in [-0.2, -0.15) is 0 Å². The first-order valence-corrected chi connectivity index (χ1v) is 8.61. The molecule has 0 aliphatic carbocycles. The number of rotatable bonds is 4. The van der Waals surface area contributed by atoms with E-state index in [1.165, 1.54) is 11.3 Å². The molecule has 3 aromatic rings. The fourth-order valence-corrected chi connectivity index (χ4v) is 3.75. The van der Waals surface area contributed by atoms with Crippen LogP contribution in [0, 0.1) is 3.95 Å². The largest absolute Gasteiger partial charge is 0.508 e. The highest BCUT2D eigenvalue weighted by Crippen LogP contribution is 2.31. The van der Waals surface area contributed by atoms with Crippen LogP contribution in [0.15, 0.2) is 59.6 Å². The van der Waals surface area contributed by atoms with Crippen molar-refractivity contribution in [2.24, 2.45) is 4.99 Å². The van der Waals surface area contributed by atoms with Gasteiger partial charge in [-0.25, -0.2) is 0 Å². The lowest BCUT2D eigenvalue weighted by molar-refractivity contribution is 0.405. The standard InChI is InChI=1S/C18H16N2O2S2/c1-12(13-6-3-2-4-7-13)20-17(22)16(24-18(20)23)11-19-14-8-5-9-15(21)10-14/h2-12,21-22H,1H3/t12-/m1/s1. The van der Waals surface area contributed by atoms with Crippen LogP contribution in [0.1, 0.15) is 23.4 Å². The Kier molecular flexibility index (Phi) is 4.78. The molecule has 1 heterocycles. The molecule has 0 spiro atoms. The molecule has 1 aromatic heterocycles. The summed E-state index contributed by atoms with van der Waals surface area (Å²) in [6.45, 7) is 1.99. The molecule has 0 saturated carbocycles. The Bertz CT molecular complexity index is 930. The van der Waals surface area contributed by atoms with Gasteiger partial charge < -0.3 is 10.2 Å². The zero-order valence-electron chi connectivity index (χ0n) is 13.0. The quantitative estimate of drug-likeness (QED) is 0.508. The first-order chi connectivity index (χ1) is 11.6. The predicted molar refractivity (Wildman–Crippen MR) is 100 cm³/mol. The van der Waals surface area contributed by atoms with Crippen molar-refractivity contribution in [2.75, 3.05) is 0 Å². The van der Waals surface area contributed by atoms with Crippen molar-refractivity contribution in [3.63, 3.8) is 0 Å². The minimum absolute atomic E-state index is 0.0714. The molecule has 122 valence electrons. The van der Waals surface area contributed by atoms with E-state index in [0.29, 0.717) is 14.5 Å². The second-order valence-corrected chi connectivity index (χ2v) is 6.97. The van der Waals surface area contributed by atoms with E-state index in [9.17, 15) is 10.2 Å². The third kappa shape index (κ3) is 3.39. The smallest absolute Gasteiger partial charge is 0.212 e. The van der Waals surface area contributed by atoms with Gasteiger partial charge >= 0.3 is 0 Å². The zero-order valence-corrected chi connectivity index (χ0v) is 14.6. The molecule has 6 heteroatoms. The molecule has 1 atom stereocenters. The normalized spacial score (nSPS) is 12.5. The van der Waals surface area contributed by atoms with E-state index in [2.05, 4.69) is 4.99 Å². The number of hydrogen-bond donors (Lipinski definition) is 2. The number of nitrogens with zero attached hydrogens (tertiary/aromatic N) is 2. The first-order valence-electron chi connectivity index (χ1n) is 7.38. The van der Waals surface area contributed by atoms with E-state index < -0.39 is 0 Å². The SMILES string of the molecule is C[C@H](c1ccccc1)n1c(O)c(C=Nc2cccc(O)c2)sc1=S. The molecule has 0 amide bonds. The van der Waals surface area contributed by atoms with Crippen LogP contribution < -0.4 is 0 Å². The summed E-state index contributed by atoms with van der Waals surface area (Å²) in [5, 5.41) is 20.0. The van der Waals surface area contributed by atoms with E-state index in [1.54, 1.807) is 35.0 Å². The molecule has 3 rings (SSSR count). The summed E-state index contributed by atoms with van der Waals surface area (Å²) < 4.78 is 2.31. The Hall–Kier alpha value is -2.44. The Balaban J connectivity index is 1.94. The fraction of sp³-hybridized carbons (Fsp3) is 0.111. The number of phenols is 1. The van der Waals surface area contributed by atoms with Crippen LogP contribution in [0.3, 0.4) is 0 Å². The molecule has 24 heavy (non-hydrogen) atoms. The number of phenolic OH excluding ortho intramolecular Hbond substituents is 1.